The molecule has 0 aliphatic rings. The first-order chi connectivity index (χ1) is 9.26. The summed E-state index contributed by atoms with van der Waals surface area (Å²) in [6.07, 6.45) is 2.81. The fourth-order valence-corrected chi connectivity index (χ4v) is 2.43. The highest BCUT2D eigenvalue weighted by Gasteiger charge is 2.12. The Hall–Kier alpha value is -1.39. The number of methoxy groups -OCH3 is 1. The SMILES string of the molecule is CCn1nc(CC(N)CCCOC)c2ccccc21. The summed E-state index contributed by atoms with van der Waals surface area (Å²) in [5, 5.41) is 5.91. The lowest BCUT2D eigenvalue weighted by molar-refractivity contribution is 0.190. The number of ether oxygens (including phenoxy) is 1. The van der Waals surface area contributed by atoms with Gasteiger partial charge in [-0.1, -0.05) is 18.2 Å². The number of benzene rings is 1. The molecule has 0 bridgehead atoms. The number of fused-ring (bicyclic) bond motifs is 1. The van der Waals surface area contributed by atoms with Crippen molar-refractivity contribution in [3.8, 4) is 0 Å². The first-order valence-electron chi connectivity index (χ1n) is 6.95. The van der Waals surface area contributed by atoms with Gasteiger partial charge in [0.2, 0.25) is 0 Å². The van der Waals surface area contributed by atoms with Crippen molar-refractivity contribution in [3.63, 3.8) is 0 Å². The summed E-state index contributed by atoms with van der Waals surface area (Å²) in [5.74, 6) is 0. The number of nitrogens with zero attached hydrogens (tertiary/aromatic N) is 2. The van der Waals surface area contributed by atoms with Crippen LogP contribution in [-0.2, 0) is 17.7 Å². The van der Waals surface area contributed by atoms with Crippen LogP contribution in [0, 0.1) is 0 Å². The Kier molecular flexibility index (Phi) is 4.93. The van der Waals surface area contributed by atoms with Crippen molar-refractivity contribution >= 4 is 10.9 Å². The topological polar surface area (TPSA) is 53.1 Å². The molecule has 2 rings (SSSR count). The maximum Gasteiger partial charge on any atom is 0.0718 e. The van der Waals surface area contributed by atoms with Gasteiger partial charge < -0.3 is 10.5 Å². The first kappa shape index (κ1) is 14.0. The van der Waals surface area contributed by atoms with Crippen LogP contribution in [0.3, 0.4) is 0 Å². The van der Waals surface area contributed by atoms with Gasteiger partial charge in [0.25, 0.3) is 0 Å². The zero-order valence-electron chi connectivity index (χ0n) is 11.8. The highest BCUT2D eigenvalue weighted by atomic mass is 16.5. The normalized spacial score (nSPS) is 13.0. The summed E-state index contributed by atoms with van der Waals surface area (Å²) in [6, 6.07) is 8.51. The number of para-hydroxylation sites is 1. The molecule has 0 radical (unpaired) electrons. The summed E-state index contributed by atoms with van der Waals surface area (Å²) in [6.45, 7) is 3.78. The largest absolute Gasteiger partial charge is 0.385 e. The zero-order valence-corrected chi connectivity index (χ0v) is 11.8. The summed E-state index contributed by atoms with van der Waals surface area (Å²) in [7, 11) is 1.72. The van der Waals surface area contributed by atoms with Crippen LogP contribution in [0.25, 0.3) is 10.9 Å². The highest BCUT2D eigenvalue weighted by molar-refractivity contribution is 5.82. The second kappa shape index (κ2) is 6.68. The fraction of sp³-hybridized carbons (Fsp3) is 0.533. The number of rotatable bonds is 7. The molecule has 0 saturated carbocycles. The van der Waals surface area contributed by atoms with Gasteiger partial charge in [-0.05, 0) is 25.8 Å². The van der Waals surface area contributed by atoms with Crippen LogP contribution in [0.4, 0.5) is 0 Å². The van der Waals surface area contributed by atoms with Gasteiger partial charge in [0.05, 0.1) is 11.2 Å². The number of hydrogen-bond acceptors (Lipinski definition) is 3. The maximum atomic E-state index is 6.18. The van der Waals surface area contributed by atoms with Gasteiger partial charge in [0, 0.05) is 38.1 Å². The van der Waals surface area contributed by atoms with Crippen molar-refractivity contribution in [2.45, 2.75) is 38.8 Å². The molecule has 0 fully saturated rings. The summed E-state index contributed by atoms with van der Waals surface area (Å²) >= 11 is 0. The minimum atomic E-state index is 0.152. The molecule has 0 aliphatic carbocycles. The van der Waals surface area contributed by atoms with Crippen LogP contribution < -0.4 is 5.73 Å². The number of aromatic nitrogens is 2. The van der Waals surface area contributed by atoms with Crippen molar-refractivity contribution in [2.24, 2.45) is 5.73 Å². The Labute approximate surface area is 114 Å². The van der Waals surface area contributed by atoms with Gasteiger partial charge in [0.15, 0.2) is 0 Å². The average Bonchev–Trinajstić information content (AvgIpc) is 2.77. The Bertz CT molecular complexity index is 521. The predicted octanol–water partition coefficient (Wildman–Crippen LogP) is 2.35. The van der Waals surface area contributed by atoms with Crippen molar-refractivity contribution in [3.05, 3.63) is 30.0 Å². The molecule has 19 heavy (non-hydrogen) atoms. The second-order valence-electron chi connectivity index (χ2n) is 4.88. The average molecular weight is 261 g/mol. The van der Waals surface area contributed by atoms with Gasteiger partial charge in [-0.15, -0.1) is 0 Å². The molecule has 0 aliphatic heterocycles. The maximum absolute atomic E-state index is 6.18. The van der Waals surface area contributed by atoms with E-state index in [4.69, 9.17) is 10.5 Å². The van der Waals surface area contributed by atoms with E-state index in [0.29, 0.717) is 0 Å². The molecule has 104 valence electrons. The second-order valence-corrected chi connectivity index (χ2v) is 4.88. The molecule has 4 nitrogen and oxygen atoms in total. The Morgan fingerprint density at radius 3 is 2.89 bits per heavy atom. The first-order valence-corrected chi connectivity index (χ1v) is 6.95. The molecular weight excluding hydrogens is 238 g/mol. The van der Waals surface area contributed by atoms with E-state index >= 15 is 0 Å². The van der Waals surface area contributed by atoms with Crippen LogP contribution in [0.2, 0.25) is 0 Å². The third-order valence-electron chi connectivity index (χ3n) is 3.41. The predicted molar refractivity (Wildman–Crippen MR) is 78.2 cm³/mol. The molecule has 0 spiro atoms. The third-order valence-corrected chi connectivity index (χ3v) is 3.41. The molecule has 4 heteroatoms. The van der Waals surface area contributed by atoms with E-state index in [1.807, 2.05) is 4.68 Å². The molecule has 2 N–H and O–H groups in total. The van der Waals surface area contributed by atoms with Crippen molar-refractivity contribution in [1.29, 1.82) is 0 Å². The molecular formula is C15H23N3O. The van der Waals surface area contributed by atoms with E-state index in [1.165, 1.54) is 10.9 Å². The lowest BCUT2D eigenvalue weighted by Gasteiger charge is -2.09. The van der Waals surface area contributed by atoms with Crippen LogP contribution in [0.15, 0.2) is 24.3 Å². The van der Waals surface area contributed by atoms with E-state index in [1.54, 1.807) is 7.11 Å². The quantitative estimate of drug-likeness (QED) is 0.778. The van der Waals surface area contributed by atoms with Crippen LogP contribution in [0.5, 0.6) is 0 Å². The Morgan fingerprint density at radius 2 is 2.16 bits per heavy atom. The lowest BCUT2D eigenvalue weighted by atomic mass is 10.0. The van der Waals surface area contributed by atoms with Gasteiger partial charge in [-0.2, -0.15) is 5.10 Å². The van der Waals surface area contributed by atoms with Crippen molar-refractivity contribution in [1.82, 2.24) is 9.78 Å². The minimum Gasteiger partial charge on any atom is -0.385 e. The summed E-state index contributed by atoms with van der Waals surface area (Å²) in [4.78, 5) is 0. The van der Waals surface area contributed by atoms with E-state index in [0.717, 1.165) is 38.1 Å². The summed E-state index contributed by atoms with van der Waals surface area (Å²) in [5.41, 5.74) is 8.49. The molecule has 1 unspecified atom stereocenters. The van der Waals surface area contributed by atoms with E-state index in [-0.39, 0.29) is 6.04 Å². The summed E-state index contributed by atoms with van der Waals surface area (Å²) < 4.78 is 7.11. The number of aryl methyl sites for hydroxylation is 1. The molecule has 0 amide bonds. The fourth-order valence-electron chi connectivity index (χ4n) is 2.43. The van der Waals surface area contributed by atoms with Crippen LogP contribution in [0.1, 0.15) is 25.5 Å². The minimum absolute atomic E-state index is 0.152. The Morgan fingerprint density at radius 1 is 1.37 bits per heavy atom. The zero-order chi connectivity index (χ0) is 13.7. The van der Waals surface area contributed by atoms with Crippen molar-refractivity contribution in [2.75, 3.05) is 13.7 Å². The van der Waals surface area contributed by atoms with E-state index in [9.17, 15) is 0 Å². The number of hydrogen-bond donors (Lipinski definition) is 1. The monoisotopic (exact) mass is 261 g/mol. The standard InChI is InChI=1S/C15H23N3O/c1-3-18-15-9-5-4-8-13(15)14(17-18)11-12(16)7-6-10-19-2/h4-5,8-9,12H,3,6-7,10-11,16H2,1-2H3. The van der Waals surface area contributed by atoms with Crippen LogP contribution in [-0.4, -0.2) is 29.5 Å². The molecule has 1 heterocycles. The lowest BCUT2D eigenvalue weighted by Crippen LogP contribution is -2.23. The van der Waals surface area contributed by atoms with E-state index in [2.05, 4.69) is 36.3 Å². The molecule has 1 atom stereocenters. The van der Waals surface area contributed by atoms with Gasteiger partial charge >= 0.3 is 0 Å². The van der Waals surface area contributed by atoms with Gasteiger partial charge in [-0.3, -0.25) is 4.68 Å². The Balaban J connectivity index is 2.12. The molecule has 1 aromatic carbocycles. The highest BCUT2D eigenvalue weighted by Crippen LogP contribution is 2.20. The van der Waals surface area contributed by atoms with E-state index < -0.39 is 0 Å². The van der Waals surface area contributed by atoms with Crippen LogP contribution >= 0.6 is 0 Å². The third kappa shape index (κ3) is 3.33. The molecule has 0 saturated heterocycles. The smallest absolute Gasteiger partial charge is 0.0718 e. The molecule has 1 aromatic heterocycles. The van der Waals surface area contributed by atoms with Gasteiger partial charge in [0.1, 0.15) is 0 Å². The molecule has 2 aromatic rings. The van der Waals surface area contributed by atoms with Gasteiger partial charge in [-0.25, -0.2) is 0 Å². The number of nitrogens with two attached hydrogens (primary N) is 1. The van der Waals surface area contributed by atoms with Crippen molar-refractivity contribution < 1.29 is 4.74 Å².